The number of hydrogen-bond acceptors (Lipinski definition) is 5. The van der Waals surface area contributed by atoms with E-state index < -0.39 is 6.10 Å². The molecule has 0 spiro atoms. The summed E-state index contributed by atoms with van der Waals surface area (Å²) in [5, 5.41) is 0. The van der Waals surface area contributed by atoms with Crippen molar-refractivity contribution in [2.24, 2.45) is 0 Å². The first kappa shape index (κ1) is 13.9. The van der Waals surface area contributed by atoms with Gasteiger partial charge in [-0.15, -0.1) is 0 Å². The highest BCUT2D eigenvalue weighted by atomic mass is 16.6. The van der Waals surface area contributed by atoms with Crippen LogP contribution in [-0.4, -0.2) is 74.7 Å². The molecule has 0 N–H and O–H groups in total. The lowest BCUT2D eigenvalue weighted by Gasteiger charge is -2.31. The van der Waals surface area contributed by atoms with Crippen LogP contribution in [0.15, 0.2) is 0 Å². The lowest BCUT2D eigenvalue weighted by atomic mass is 10.2. The van der Waals surface area contributed by atoms with Gasteiger partial charge in [-0.05, 0) is 6.92 Å². The van der Waals surface area contributed by atoms with Gasteiger partial charge in [0.05, 0.1) is 20.3 Å². The number of esters is 1. The highest BCUT2D eigenvalue weighted by Gasteiger charge is 2.28. The number of morpholine rings is 1. The number of hydrogen-bond donors (Lipinski definition) is 0. The zero-order valence-corrected chi connectivity index (χ0v) is 10.6. The fourth-order valence-corrected chi connectivity index (χ4v) is 1.61. The average Bonchev–Trinajstić information content (AvgIpc) is 2.37. The van der Waals surface area contributed by atoms with Crippen LogP contribution in [0.25, 0.3) is 0 Å². The van der Waals surface area contributed by atoms with E-state index in [0.717, 1.165) is 0 Å². The molecule has 6 heteroatoms. The quantitative estimate of drug-likeness (QED) is 0.614. The van der Waals surface area contributed by atoms with Crippen molar-refractivity contribution in [2.45, 2.75) is 13.0 Å². The van der Waals surface area contributed by atoms with Crippen LogP contribution in [0.5, 0.6) is 0 Å². The Balaban J connectivity index is 2.44. The molecule has 17 heavy (non-hydrogen) atoms. The number of amides is 1. The maximum atomic E-state index is 11.7. The number of rotatable bonds is 4. The van der Waals surface area contributed by atoms with Crippen LogP contribution in [0.1, 0.15) is 6.92 Å². The highest BCUT2D eigenvalue weighted by Crippen LogP contribution is 2.06. The van der Waals surface area contributed by atoms with Crippen LogP contribution < -0.4 is 0 Å². The van der Waals surface area contributed by atoms with Crippen molar-refractivity contribution in [3.63, 3.8) is 0 Å². The van der Waals surface area contributed by atoms with Crippen molar-refractivity contribution in [2.75, 3.05) is 46.9 Å². The second-order valence-corrected chi connectivity index (χ2v) is 4.03. The van der Waals surface area contributed by atoms with Gasteiger partial charge in [0.1, 0.15) is 0 Å². The van der Waals surface area contributed by atoms with Gasteiger partial charge in [-0.3, -0.25) is 9.69 Å². The van der Waals surface area contributed by atoms with E-state index in [9.17, 15) is 9.59 Å². The van der Waals surface area contributed by atoms with E-state index in [1.165, 1.54) is 7.11 Å². The van der Waals surface area contributed by atoms with Crippen LogP contribution in [0.4, 0.5) is 0 Å². The molecule has 0 saturated carbocycles. The molecule has 0 aromatic rings. The summed E-state index contributed by atoms with van der Waals surface area (Å²) in [5.74, 6) is -0.330. The van der Waals surface area contributed by atoms with Crippen LogP contribution in [0.3, 0.4) is 0 Å². The summed E-state index contributed by atoms with van der Waals surface area (Å²) >= 11 is 0. The molecule has 1 atom stereocenters. The smallest absolute Gasteiger partial charge is 0.336 e. The van der Waals surface area contributed by atoms with E-state index in [2.05, 4.69) is 4.74 Å². The van der Waals surface area contributed by atoms with Crippen LogP contribution in [0.2, 0.25) is 0 Å². The van der Waals surface area contributed by atoms with E-state index >= 15 is 0 Å². The molecule has 6 nitrogen and oxygen atoms in total. The third kappa shape index (κ3) is 3.98. The summed E-state index contributed by atoms with van der Waals surface area (Å²) < 4.78 is 9.91. The maximum Gasteiger partial charge on any atom is 0.336 e. The molecule has 0 aromatic heterocycles. The summed E-state index contributed by atoms with van der Waals surface area (Å²) in [6.07, 6.45) is -0.575. The van der Waals surface area contributed by atoms with E-state index in [1.54, 1.807) is 11.9 Å². The Kier molecular flexibility index (Phi) is 5.37. The molecular formula is C11H20N2O4. The van der Waals surface area contributed by atoms with E-state index in [4.69, 9.17) is 4.74 Å². The minimum absolute atomic E-state index is 0.0537. The minimum atomic E-state index is -0.575. The van der Waals surface area contributed by atoms with Crippen molar-refractivity contribution in [1.82, 2.24) is 9.80 Å². The van der Waals surface area contributed by atoms with Gasteiger partial charge in [0.15, 0.2) is 6.10 Å². The van der Waals surface area contributed by atoms with Crippen molar-refractivity contribution < 1.29 is 19.1 Å². The van der Waals surface area contributed by atoms with Crippen LogP contribution >= 0.6 is 0 Å². The van der Waals surface area contributed by atoms with Crippen molar-refractivity contribution in [3.05, 3.63) is 0 Å². The predicted octanol–water partition coefficient (Wildman–Crippen LogP) is -0.661. The van der Waals surface area contributed by atoms with Gasteiger partial charge in [-0.2, -0.15) is 0 Å². The Bertz CT molecular complexity index is 283. The fourth-order valence-electron chi connectivity index (χ4n) is 1.61. The Labute approximate surface area is 101 Å². The summed E-state index contributed by atoms with van der Waals surface area (Å²) in [4.78, 5) is 26.6. The number of likely N-dealkylation sites (N-methyl/N-ethyl adjacent to an activating group) is 1. The lowest BCUT2D eigenvalue weighted by molar-refractivity contribution is -0.160. The normalized spacial score (nSPS) is 21.0. The van der Waals surface area contributed by atoms with Gasteiger partial charge in [0.25, 0.3) is 0 Å². The molecule has 1 saturated heterocycles. The first-order chi connectivity index (χ1) is 8.08. The van der Waals surface area contributed by atoms with Crippen molar-refractivity contribution in [3.8, 4) is 0 Å². The average molecular weight is 244 g/mol. The Morgan fingerprint density at radius 3 is 2.82 bits per heavy atom. The van der Waals surface area contributed by atoms with Gasteiger partial charge in [0.2, 0.25) is 5.91 Å². The fraction of sp³-hybridized carbons (Fsp3) is 0.818. The third-order valence-corrected chi connectivity index (χ3v) is 2.87. The first-order valence-electron chi connectivity index (χ1n) is 5.74. The number of methoxy groups -OCH3 is 1. The molecule has 1 rings (SSSR count). The largest absolute Gasteiger partial charge is 0.467 e. The molecule has 0 aliphatic carbocycles. The van der Waals surface area contributed by atoms with Gasteiger partial charge >= 0.3 is 5.97 Å². The number of nitrogens with zero attached hydrogens (tertiary/aromatic N) is 2. The lowest BCUT2D eigenvalue weighted by Crippen LogP contribution is -2.49. The molecule has 1 heterocycles. The standard InChI is InChI=1S/C11H20N2O4/c1-4-12(2)10(14)8-13-5-6-17-9(7-13)11(15)16-3/h9H,4-8H2,1-3H3. The maximum absolute atomic E-state index is 11.7. The highest BCUT2D eigenvalue weighted by molar-refractivity contribution is 5.78. The van der Waals surface area contributed by atoms with E-state index in [0.29, 0.717) is 32.8 Å². The third-order valence-electron chi connectivity index (χ3n) is 2.87. The Morgan fingerprint density at radius 2 is 2.24 bits per heavy atom. The minimum Gasteiger partial charge on any atom is -0.467 e. The summed E-state index contributed by atoms with van der Waals surface area (Å²) in [6.45, 7) is 4.45. The molecule has 1 amide bonds. The second-order valence-electron chi connectivity index (χ2n) is 4.03. The summed E-state index contributed by atoms with van der Waals surface area (Å²) in [7, 11) is 3.10. The van der Waals surface area contributed by atoms with E-state index in [-0.39, 0.29) is 11.9 Å². The second kappa shape index (κ2) is 6.56. The molecule has 1 aliphatic rings. The number of carbonyl (C=O) groups is 2. The molecule has 0 radical (unpaired) electrons. The first-order valence-corrected chi connectivity index (χ1v) is 5.74. The number of carbonyl (C=O) groups excluding carboxylic acids is 2. The van der Waals surface area contributed by atoms with Gasteiger partial charge in [-0.25, -0.2) is 4.79 Å². The van der Waals surface area contributed by atoms with Crippen molar-refractivity contribution >= 4 is 11.9 Å². The molecule has 0 bridgehead atoms. The Morgan fingerprint density at radius 1 is 1.53 bits per heavy atom. The van der Waals surface area contributed by atoms with Crippen LogP contribution in [0, 0.1) is 0 Å². The monoisotopic (exact) mass is 244 g/mol. The molecule has 0 aromatic carbocycles. The number of ether oxygens (including phenoxy) is 2. The summed E-state index contributed by atoms with van der Waals surface area (Å²) in [5.41, 5.74) is 0. The van der Waals surface area contributed by atoms with Crippen molar-refractivity contribution in [1.29, 1.82) is 0 Å². The van der Waals surface area contributed by atoms with Gasteiger partial charge in [0, 0.05) is 26.7 Å². The van der Waals surface area contributed by atoms with Crippen LogP contribution in [-0.2, 0) is 19.1 Å². The Hall–Kier alpha value is -1.14. The molecular weight excluding hydrogens is 224 g/mol. The van der Waals surface area contributed by atoms with E-state index in [1.807, 2.05) is 11.8 Å². The summed E-state index contributed by atoms with van der Waals surface area (Å²) in [6, 6.07) is 0. The molecule has 1 unspecified atom stereocenters. The predicted molar refractivity (Wildman–Crippen MR) is 61.5 cm³/mol. The molecule has 1 fully saturated rings. The molecule has 98 valence electrons. The zero-order valence-electron chi connectivity index (χ0n) is 10.6. The van der Waals surface area contributed by atoms with Gasteiger partial charge < -0.3 is 14.4 Å². The molecule has 1 aliphatic heterocycles. The van der Waals surface area contributed by atoms with Gasteiger partial charge in [-0.1, -0.05) is 0 Å². The zero-order chi connectivity index (χ0) is 12.8. The topological polar surface area (TPSA) is 59.1 Å². The SMILES string of the molecule is CCN(C)C(=O)CN1CCOC(C(=O)OC)C1.